The van der Waals surface area contributed by atoms with Gasteiger partial charge in [-0.2, -0.15) is 0 Å². The van der Waals surface area contributed by atoms with E-state index < -0.39 is 0 Å². The average Bonchev–Trinajstić information content (AvgIpc) is 2.53. The van der Waals surface area contributed by atoms with Crippen molar-refractivity contribution < 1.29 is 14.2 Å². The lowest BCUT2D eigenvalue weighted by Gasteiger charge is -2.43. The minimum Gasteiger partial charge on any atom is -0.497 e. The highest BCUT2D eigenvalue weighted by atomic mass is 16.5. The summed E-state index contributed by atoms with van der Waals surface area (Å²) in [6.07, 6.45) is 1.82. The van der Waals surface area contributed by atoms with Crippen LogP contribution in [0.1, 0.15) is 36.9 Å². The first-order valence-corrected chi connectivity index (χ1v) is 7.67. The van der Waals surface area contributed by atoms with Gasteiger partial charge in [0.2, 0.25) is 0 Å². The second-order valence-corrected chi connectivity index (χ2v) is 5.59. The normalized spacial score (nSPS) is 19.2. The van der Waals surface area contributed by atoms with Crippen molar-refractivity contribution >= 4 is 0 Å². The number of benzene rings is 1. The van der Waals surface area contributed by atoms with Gasteiger partial charge in [-0.05, 0) is 36.7 Å². The van der Waals surface area contributed by atoms with Crippen LogP contribution in [0.5, 0.6) is 5.75 Å². The van der Waals surface area contributed by atoms with Crippen LogP contribution < -0.4 is 10.1 Å². The van der Waals surface area contributed by atoms with Crippen LogP contribution in [0.2, 0.25) is 0 Å². The van der Waals surface area contributed by atoms with Crippen molar-refractivity contribution in [3.8, 4) is 5.75 Å². The van der Waals surface area contributed by atoms with Crippen molar-refractivity contribution in [1.29, 1.82) is 0 Å². The molecular weight excluding hydrogens is 266 g/mol. The van der Waals surface area contributed by atoms with Crippen LogP contribution in [-0.4, -0.2) is 39.6 Å². The second kappa shape index (κ2) is 7.25. The highest BCUT2D eigenvalue weighted by molar-refractivity contribution is 5.38. The largest absolute Gasteiger partial charge is 0.497 e. The van der Waals surface area contributed by atoms with Crippen LogP contribution in [0.4, 0.5) is 0 Å². The minimum absolute atomic E-state index is 0.169. The highest BCUT2D eigenvalue weighted by Crippen LogP contribution is 2.39. The van der Waals surface area contributed by atoms with E-state index in [1.807, 2.05) is 13.2 Å². The molecule has 1 fully saturated rings. The van der Waals surface area contributed by atoms with E-state index in [0.717, 1.165) is 38.3 Å². The SMILES string of the molecule is CCNC(c1ccc(OC)cc1C)C1(OC)CCOCC1. The summed E-state index contributed by atoms with van der Waals surface area (Å²) in [6, 6.07) is 6.43. The fraction of sp³-hybridized carbons (Fsp3) is 0.647. The molecule has 4 heteroatoms. The summed E-state index contributed by atoms with van der Waals surface area (Å²) < 4.78 is 16.8. The molecule has 1 N–H and O–H groups in total. The lowest BCUT2D eigenvalue weighted by molar-refractivity contribution is -0.111. The van der Waals surface area contributed by atoms with E-state index in [1.54, 1.807) is 7.11 Å². The number of methoxy groups -OCH3 is 2. The van der Waals surface area contributed by atoms with Crippen molar-refractivity contribution in [1.82, 2.24) is 5.32 Å². The predicted molar refractivity (Wildman–Crippen MR) is 83.9 cm³/mol. The fourth-order valence-corrected chi connectivity index (χ4v) is 3.21. The number of likely N-dealkylation sites (N-methyl/N-ethyl adjacent to an activating group) is 1. The van der Waals surface area contributed by atoms with E-state index in [9.17, 15) is 0 Å². The zero-order valence-electron chi connectivity index (χ0n) is 13.6. The zero-order chi connectivity index (χ0) is 15.3. The zero-order valence-corrected chi connectivity index (χ0v) is 13.6. The topological polar surface area (TPSA) is 39.7 Å². The quantitative estimate of drug-likeness (QED) is 0.875. The van der Waals surface area contributed by atoms with Gasteiger partial charge in [0.25, 0.3) is 0 Å². The Morgan fingerprint density at radius 2 is 2.00 bits per heavy atom. The molecule has 4 nitrogen and oxygen atoms in total. The maximum Gasteiger partial charge on any atom is 0.119 e. The molecule has 1 aliphatic rings. The van der Waals surface area contributed by atoms with Gasteiger partial charge in [-0.3, -0.25) is 0 Å². The van der Waals surface area contributed by atoms with E-state index in [1.165, 1.54) is 11.1 Å². The summed E-state index contributed by atoms with van der Waals surface area (Å²) in [6.45, 7) is 6.68. The Morgan fingerprint density at radius 3 is 2.52 bits per heavy atom. The molecular formula is C17H27NO3. The molecule has 0 aliphatic carbocycles. The van der Waals surface area contributed by atoms with Crippen LogP contribution >= 0.6 is 0 Å². The molecule has 0 aromatic heterocycles. The highest BCUT2D eigenvalue weighted by Gasteiger charge is 2.41. The molecule has 0 bridgehead atoms. The number of nitrogens with one attached hydrogen (secondary N) is 1. The molecule has 1 unspecified atom stereocenters. The van der Waals surface area contributed by atoms with Crippen LogP contribution in [0.15, 0.2) is 18.2 Å². The molecule has 1 aromatic carbocycles. The molecule has 1 aliphatic heterocycles. The third-order valence-corrected chi connectivity index (χ3v) is 4.47. The summed E-state index contributed by atoms with van der Waals surface area (Å²) in [5, 5.41) is 3.62. The van der Waals surface area contributed by atoms with Crippen LogP contribution in [-0.2, 0) is 9.47 Å². The number of aryl methyl sites for hydroxylation is 1. The maximum absolute atomic E-state index is 5.99. The van der Waals surface area contributed by atoms with Crippen LogP contribution in [0, 0.1) is 6.92 Å². The van der Waals surface area contributed by atoms with Gasteiger partial charge < -0.3 is 19.5 Å². The van der Waals surface area contributed by atoms with E-state index in [-0.39, 0.29) is 11.6 Å². The Morgan fingerprint density at radius 1 is 1.29 bits per heavy atom. The number of hydrogen-bond donors (Lipinski definition) is 1. The van der Waals surface area contributed by atoms with Gasteiger partial charge >= 0.3 is 0 Å². The second-order valence-electron chi connectivity index (χ2n) is 5.59. The van der Waals surface area contributed by atoms with E-state index in [2.05, 4.69) is 31.3 Å². The van der Waals surface area contributed by atoms with Gasteiger partial charge in [-0.25, -0.2) is 0 Å². The Bertz CT molecular complexity index is 455. The van der Waals surface area contributed by atoms with E-state index >= 15 is 0 Å². The van der Waals surface area contributed by atoms with Gasteiger partial charge in [0, 0.05) is 33.2 Å². The molecule has 1 atom stereocenters. The Hall–Kier alpha value is -1.10. The van der Waals surface area contributed by atoms with Crippen LogP contribution in [0.3, 0.4) is 0 Å². The Labute approximate surface area is 127 Å². The smallest absolute Gasteiger partial charge is 0.119 e. The average molecular weight is 293 g/mol. The molecule has 0 radical (unpaired) electrons. The molecule has 21 heavy (non-hydrogen) atoms. The van der Waals surface area contributed by atoms with Gasteiger partial charge in [-0.1, -0.05) is 13.0 Å². The monoisotopic (exact) mass is 293 g/mol. The Kier molecular flexibility index (Phi) is 5.62. The number of hydrogen-bond acceptors (Lipinski definition) is 4. The lowest BCUT2D eigenvalue weighted by atomic mass is 9.80. The van der Waals surface area contributed by atoms with Gasteiger partial charge in [0.1, 0.15) is 5.75 Å². The number of ether oxygens (including phenoxy) is 3. The summed E-state index contributed by atoms with van der Waals surface area (Å²) >= 11 is 0. The fourth-order valence-electron chi connectivity index (χ4n) is 3.21. The molecule has 0 amide bonds. The maximum atomic E-state index is 5.99. The summed E-state index contributed by atoms with van der Waals surface area (Å²) in [5.41, 5.74) is 2.30. The van der Waals surface area contributed by atoms with Crippen molar-refractivity contribution in [2.75, 3.05) is 34.0 Å². The molecule has 0 saturated carbocycles. The molecule has 2 rings (SSSR count). The Balaban J connectivity index is 2.37. The predicted octanol–water partition coefficient (Wildman–Crippen LogP) is 2.85. The molecule has 1 saturated heterocycles. The van der Waals surface area contributed by atoms with E-state index in [0.29, 0.717) is 0 Å². The molecule has 1 aromatic rings. The number of rotatable bonds is 6. The molecule has 0 spiro atoms. The summed E-state index contributed by atoms with van der Waals surface area (Å²) in [5.74, 6) is 0.893. The first kappa shape index (κ1) is 16.3. The third-order valence-electron chi connectivity index (χ3n) is 4.47. The molecule has 1 heterocycles. The van der Waals surface area contributed by atoms with Crippen molar-refractivity contribution in [2.45, 2.75) is 38.3 Å². The van der Waals surface area contributed by atoms with Crippen molar-refractivity contribution in [3.63, 3.8) is 0 Å². The third kappa shape index (κ3) is 3.39. The van der Waals surface area contributed by atoms with Gasteiger partial charge in [0.15, 0.2) is 0 Å². The summed E-state index contributed by atoms with van der Waals surface area (Å²) in [4.78, 5) is 0. The van der Waals surface area contributed by atoms with Gasteiger partial charge in [0.05, 0.1) is 18.8 Å². The van der Waals surface area contributed by atoms with Crippen molar-refractivity contribution in [3.05, 3.63) is 29.3 Å². The van der Waals surface area contributed by atoms with E-state index in [4.69, 9.17) is 14.2 Å². The summed E-state index contributed by atoms with van der Waals surface area (Å²) in [7, 11) is 3.51. The standard InChI is InChI=1S/C17H27NO3/c1-5-18-16(17(20-4)8-10-21-11-9-17)15-7-6-14(19-3)12-13(15)2/h6-7,12,16,18H,5,8-11H2,1-4H3. The van der Waals surface area contributed by atoms with Crippen LogP contribution in [0.25, 0.3) is 0 Å². The lowest BCUT2D eigenvalue weighted by Crippen LogP contribution is -2.49. The van der Waals surface area contributed by atoms with Crippen molar-refractivity contribution in [2.24, 2.45) is 0 Å². The molecule has 118 valence electrons. The minimum atomic E-state index is -0.201. The van der Waals surface area contributed by atoms with Gasteiger partial charge in [-0.15, -0.1) is 0 Å². The first-order chi connectivity index (χ1) is 10.2. The first-order valence-electron chi connectivity index (χ1n) is 7.67.